The Morgan fingerprint density at radius 1 is 1.19 bits per heavy atom. The highest BCUT2D eigenvalue weighted by Crippen LogP contribution is 2.40. The fraction of sp³-hybridized carbons (Fsp3) is 0.588. The molecule has 2 fully saturated rings. The standard InChI is InChI=1S/C17H23NO3/c1-20-15-7-3-2-6-14(15)16(19)17(8-4-5-9-17)18-10-12-21-13-11-18/h2-3,6-7H,4-5,8-13H2,1H3. The number of nitrogens with zero attached hydrogens (tertiary/aromatic N) is 1. The van der Waals surface area contributed by atoms with E-state index in [1.165, 1.54) is 0 Å². The molecule has 0 bridgehead atoms. The van der Waals surface area contributed by atoms with E-state index in [4.69, 9.17) is 9.47 Å². The van der Waals surface area contributed by atoms with Crippen LogP contribution in [0.3, 0.4) is 0 Å². The van der Waals surface area contributed by atoms with Crippen molar-refractivity contribution in [2.24, 2.45) is 0 Å². The Morgan fingerprint density at radius 3 is 2.52 bits per heavy atom. The van der Waals surface area contributed by atoms with Gasteiger partial charge >= 0.3 is 0 Å². The molecule has 1 heterocycles. The minimum absolute atomic E-state index is 0.222. The minimum Gasteiger partial charge on any atom is -0.496 e. The van der Waals surface area contributed by atoms with Crippen LogP contribution >= 0.6 is 0 Å². The Bertz CT molecular complexity index is 503. The van der Waals surface area contributed by atoms with Gasteiger partial charge in [0.1, 0.15) is 5.75 Å². The molecule has 114 valence electrons. The van der Waals surface area contributed by atoms with Crippen molar-refractivity contribution >= 4 is 5.78 Å². The maximum Gasteiger partial charge on any atom is 0.186 e. The smallest absolute Gasteiger partial charge is 0.186 e. The SMILES string of the molecule is COc1ccccc1C(=O)C1(N2CCOCC2)CCCC1. The molecule has 1 aliphatic heterocycles. The van der Waals surface area contributed by atoms with Crippen LogP contribution in [0, 0.1) is 0 Å². The zero-order valence-electron chi connectivity index (χ0n) is 12.6. The van der Waals surface area contributed by atoms with Crippen LogP contribution in [0.2, 0.25) is 0 Å². The average molecular weight is 289 g/mol. The number of hydrogen-bond acceptors (Lipinski definition) is 4. The summed E-state index contributed by atoms with van der Waals surface area (Å²) in [7, 11) is 1.63. The summed E-state index contributed by atoms with van der Waals surface area (Å²) in [6.07, 6.45) is 4.14. The number of morpholine rings is 1. The highest BCUT2D eigenvalue weighted by atomic mass is 16.5. The number of carbonyl (C=O) groups is 1. The zero-order chi connectivity index (χ0) is 14.7. The molecule has 21 heavy (non-hydrogen) atoms. The van der Waals surface area contributed by atoms with Gasteiger partial charge < -0.3 is 9.47 Å². The van der Waals surface area contributed by atoms with Crippen LogP contribution in [0.15, 0.2) is 24.3 Å². The second-order valence-corrected chi connectivity index (χ2v) is 5.87. The lowest BCUT2D eigenvalue weighted by Gasteiger charge is -2.42. The van der Waals surface area contributed by atoms with Crippen molar-refractivity contribution in [2.75, 3.05) is 33.4 Å². The summed E-state index contributed by atoms with van der Waals surface area (Å²) in [5.74, 6) is 0.904. The largest absolute Gasteiger partial charge is 0.496 e. The Kier molecular flexibility index (Phi) is 4.27. The molecule has 2 aliphatic rings. The van der Waals surface area contributed by atoms with Crippen molar-refractivity contribution in [3.05, 3.63) is 29.8 Å². The molecule has 1 aliphatic carbocycles. The van der Waals surface area contributed by atoms with Gasteiger partial charge in [-0.3, -0.25) is 9.69 Å². The number of methoxy groups -OCH3 is 1. The van der Waals surface area contributed by atoms with Gasteiger partial charge in [-0.25, -0.2) is 0 Å². The van der Waals surface area contributed by atoms with Gasteiger partial charge in [0.15, 0.2) is 5.78 Å². The molecule has 0 radical (unpaired) electrons. The van der Waals surface area contributed by atoms with Crippen LogP contribution in [-0.4, -0.2) is 49.6 Å². The first-order chi connectivity index (χ1) is 10.3. The molecule has 4 nitrogen and oxygen atoms in total. The lowest BCUT2D eigenvalue weighted by Crippen LogP contribution is -2.56. The molecule has 0 unspecified atom stereocenters. The molecule has 1 aromatic rings. The third-order valence-corrected chi connectivity index (χ3v) is 4.82. The first kappa shape index (κ1) is 14.5. The monoisotopic (exact) mass is 289 g/mol. The highest BCUT2D eigenvalue weighted by Gasteiger charge is 2.47. The summed E-state index contributed by atoms with van der Waals surface area (Å²) >= 11 is 0. The van der Waals surface area contributed by atoms with Crippen LogP contribution in [0.4, 0.5) is 0 Å². The van der Waals surface area contributed by atoms with Crippen molar-refractivity contribution in [3.8, 4) is 5.75 Å². The van der Waals surface area contributed by atoms with E-state index in [0.717, 1.165) is 52.0 Å². The molecule has 0 aromatic heterocycles. The van der Waals surface area contributed by atoms with E-state index >= 15 is 0 Å². The topological polar surface area (TPSA) is 38.8 Å². The lowest BCUT2D eigenvalue weighted by molar-refractivity contribution is -0.0131. The molecule has 1 aromatic carbocycles. The number of Topliss-reactive ketones (excluding diaryl/α,β-unsaturated/α-hetero) is 1. The molecule has 0 amide bonds. The van der Waals surface area contributed by atoms with Crippen LogP contribution in [-0.2, 0) is 4.74 Å². The van der Waals surface area contributed by atoms with Crippen LogP contribution in [0.1, 0.15) is 36.0 Å². The Morgan fingerprint density at radius 2 is 1.86 bits per heavy atom. The zero-order valence-corrected chi connectivity index (χ0v) is 12.6. The van der Waals surface area contributed by atoms with Crippen molar-refractivity contribution in [3.63, 3.8) is 0 Å². The third kappa shape index (κ3) is 2.58. The number of rotatable bonds is 4. The van der Waals surface area contributed by atoms with Gasteiger partial charge in [0.25, 0.3) is 0 Å². The van der Waals surface area contributed by atoms with E-state index in [-0.39, 0.29) is 11.3 Å². The second kappa shape index (κ2) is 6.16. The van der Waals surface area contributed by atoms with E-state index < -0.39 is 0 Å². The van der Waals surface area contributed by atoms with E-state index in [0.29, 0.717) is 11.3 Å². The summed E-state index contributed by atoms with van der Waals surface area (Å²) in [4.78, 5) is 15.6. The molecule has 0 atom stereocenters. The van der Waals surface area contributed by atoms with Crippen molar-refractivity contribution < 1.29 is 14.3 Å². The fourth-order valence-electron chi connectivity index (χ4n) is 3.72. The molecule has 0 N–H and O–H groups in total. The van der Waals surface area contributed by atoms with Crippen molar-refractivity contribution in [2.45, 2.75) is 31.2 Å². The van der Waals surface area contributed by atoms with E-state index in [1.807, 2.05) is 24.3 Å². The quantitative estimate of drug-likeness (QED) is 0.798. The molecule has 1 saturated heterocycles. The minimum atomic E-state index is -0.349. The summed E-state index contributed by atoms with van der Waals surface area (Å²) in [5, 5.41) is 0. The predicted molar refractivity (Wildman–Crippen MR) is 80.9 cm³/mol. The molecular weight excluding hydrogens is 266 g/mol. The normalized spacial score (nSPS) is 22.1. The van der Waals surface area contributed by atoms with Gasteiger partial charge in [0.05, 0.1) is 31.4 Å². The highest BCUT2D eigenvalue weighted by molar-refractivity contribution is 6.05. The van der Waals surface area contributed by atoms with Gasteiger partial charge in [-0.2, -0.15) is 0 Å². The number of ketones is 1. The van der Waals surface area contributed by atoms with Gasteiger partial charge in [-0.1, -0.05) is 25.0 Å². The Hall–Kier alpha value is -1.39. The van der Waals surface area contributed by atoms with Crippen LogP contribution in [0.5, 0.6) is 5.75 Å². The molecule has 0 spiro atoms. The summed E-state index contributed by atoms with van der Waals surface area (Å²) < 4.78 is 10.9. The maximum absolute atomic E-state index is 13.3. The van der Waals surface area contributed by atoms with Gasteiger partial charge in [-0.15, -0.1) is 0 Å². The average Bonchev–Trinajstić information content (AvgIpc) is 3.06. The van der Waals surface area contributed by atoms with Crippen molar-refractivity contribution in [1.29, 1.82) is 0 Å². The first-order valence-corrected chi connectivity index (χ1v) is 7.78. The Labute approximate surface area is 126 Å². The number of ether oxygens (including phenoxy) is 2. The summed E-state index contributed by atoms with van der Waals surface area (Å²) in [6.45, 7) is 3.14. The molecule has 4 heteroatoms. The third-order valence-electron chi connectivity index (χ3n) is 4.82. The summed E-state index contributed by atoms with van der Waals surface area (Å²) in [6, 6.07) is 7.58. The first-order valence-electron chi connectivity index (χ1n) is 7.78. The Balaban J connectivity index is 1.95. The predicted octanol–water partition coefficient (Wildman–Crippen LogP) is 2.52. The van der Waals surface area contributed by atoms with E-state index in [2.05, 4.69) is 4.90 Å². The fourth-order valence-corrected chi connectivity index (χ4v) is 3.72. The van der Waals surface area contributed by atoms with Gasteiger partial charge in [0.2, 0.25) is 0 Å². The van der Waals surface area contributed by atoms with E-state index in [1.54, 1.807) is 7.11 Å². The number of benzene rings is 1. The maximum atomic E-state index is 13.3. The lowest BCUT2D eigenvalue weighted by atomic mass is 9.85. The number of hydrogen-bond donors (Lipinski definition) is 0. The van der Waals surface area contributed by atoms with Crippen LogP contribution in [0.25, 0.3) is 0 Å². The summed E-state index contributed by atoms with van der Waals surface area (Å²) in [5.41, 5.74) is 0.367. The second-order valence-electron chi connectivity index (χ2n) is 5.87. The van der Waals surface area contributed by atoms with Crippen molar-refractivity contribution in [1.82, 2.24) is 4.90 Å². The molecular formula is C17H23NO3. The van der Waals surface area contributed by atoms with Gasteiger partial charge in [0, 0.05) is 13.1 Å². The van der Waals surface area contributed by atoms with E-state index in [9.17, 15) is 4.79 Å². The molecule has 3 rings (SSSR count). The number of carbonyl (C=O) groups excluding carboxylic acids is 1. The van der Waals surface area contributed by atoms with Crippen LogP contribution < -0.4 is 4.74 Å². The molecule has 1 saturated carbocycles. The van der Waals surface area contributed by atoms with Gasteiger partial charge in [-0.05, 0) is 25.0 Å². The number of para-hydroxylation sites is 1.